The van der Waals surface area contributed by atoms with E-state index in [0.717, 1.165) is 23.3 Å². The van der Waals surface area contributed by atoms with Crippen molar-refractivity contribution < 1.29 is 9.84 Å². The molecule has 1 aliphatic rings. The summed E-state index contributed by atoms with van der Waals surface area (Å²) in [5.74, 6) is 1.25. The van der Waals surface area contributed by atoms with Gasteiger partial charge < -0.3 is 9.84 Å². The highest BCUT2D eigenvalue weighted by Gasteiger charge is 2.32. The molecule has 0 unspecified atom stereocenters. The summed E-state index contributed by atoms with van der Waals surface area (Å²) < 4.78 is 5.91. The lowest BCUT2D eigenvalue weighted by Crippen LogP contribution is -2.24. The van der Waals surface area contributed by atoms with Gasteiger partial charge in [0.25, 0.3) is 0 Å². The number of para-hydroxylation sites is 1. The predicted molar refractivity (Wildman–Crippen MR) is 72.0 cm³/mol. The summed E-state index contributed by atoms with van der Waals surface area (Å²) in [5, 5.41) is 9.98. The van der Waals surface area contributed by atoms with Crippen LogP contribution in [0.1, 0.15) is 19.4 Å². The zero-order chi connectivity index (χ0) is 12.8. The van der Waals surface area contributed by atoms with Crippen LogP contribution in [0.4, 0.5) is 0 Å². The minimum atomic E-state index is -0.164. The average molecular weight is 240 g/mol. The third-order valence-corrected chi connectivity index (χ3v) is 3.32. The van der Waals surface area contributed by atoms with Gasteiger partial charge in [-0.05, 0) is 31.5 Å². The minimum absolute atomic E-state index is 0.164. The van der Waals surface area contributed by atoms with Crippen LogP contribution in [0.25, 0.3) is 11.1 Å². The largest absolute Gasteiger partial charge is 0.507 e. The van der Waals surface area contributed by atoms with E-state index >= 15 is 0 Å². The van der Waals surface area contributed by atoms with E-state index in [1.54, 1.807) is 6.07 Å². The molecule has 18 heavy (non-hydrogen) atoms. The first kappa shape index (κ1) is 11.1. The molecule has 0 saturated heterocycles. The van der Waals surface area contributed by atoms with E-state index < -0.39 is 0 Å². The molecule has 2 heteroatoms. The van der Waals surface area contributed by atoms with Gasteiger partial charge in [0, 0.05) is 17.5 Å². The maximum Gasteiger partial charge on any atom is 0.124 e. The van der Waals surface area contributed by atoms with Gasteiger partial charge in [0.15, 0.2) is 0 Å². The Kier molecular flexibility index (Phi) is 2.34. The number of phenols is 1. The quantitative estimate of drug-likeness (QED) is 0.822. The minimum Gasteiger partial charge on any atom is -0.507 e. The van der Waals surface area contributed by atoms with Crippen LogP contribution >= 0.6 is 0 Å². The third-order valence-electron chi connectivity index (χ3n) is 3.32. The SMILES string of the molecule is CC1(C)Cc2c(cccc2-c2ccccc2O)O1. The standard InChI is InChI=1S/C16H16O2/c1-16(2)10-13-11(7-5-9-15(13)18-16)12-6-3-4-8-14(12)17/h3-9,17H,10H2,1-2H3. The van der Waals surface area contributed by atoms with E-state index in [1.807, 2.05) is 36.4 Å². The van der Waals surface area contributed by atoms with Crippen molar-refractivity contribution in [2.24, 2.45) is 0 Å². The van der Waals surface area contributed by atoms with Crippen molar-refractivity contribution >= 4 is 0 Å². The molecule has 2 aromatic carbocycles. The molecular weight excluding hydrogens is 224 g/mol. The summed E-state index contributed by atoms with van der Waals surface area (Å²) in [7, 11) is 0. The zero-order valence-corrected chi connectivity index (χ0v) is 10.6. The molecule has 0 saturated carbocycles. The molecule has 0 amide bonds. The second-order valence-electron chi connectivity index (χ2n) is 5.34. The van der Waals surface area contributed by atoms with Gasteiger partial charge in [-0.1, -0.05) is 30.3 Å². The van der Waals surface area contributed by atoms with Gasteiger partial charge in [0.05, 0.1) is 0 Å². The monoisotopic (exact) mass is 240 g/mol. The normalized spacial score (nSPS) is 16.1. The number of hydrogen-bond acceptors (Lipinski definition) is 2. The van der Waals surface area contributed by atoms with E-state index in [1.165, 1.54) is 5.56 Å². The van der Waals surface area contributed by atoms with E-state index in [2.05, 4.69) is 13.8 Å². The molecule has 0 aliphatic carbocycles. The van der Waals surface area contributed by atoms with Crippen molar-refractivity contribution in [3.63, 3.8) is 0 Å². The van der Waals surface area contributed by atoms with Crippen molar-refractivity contribution in [3.05, 3.63) is 48.0 Å². The van der Waals surface area contributed by atoms with Crippen LogP contribution in [0.2, 0.25) is 0 Å². The van der Waals surface area contributed by atoms with Crippen molar-refractivity contribution in [2.45, 2.75) is 25.9 Å². The molecule has 0 atom stereocenters. The summed E-state index contributed by atoms with van der Waals surface area (Å²) in [5.41, 5.74) is 2.96. The first-order valence-electron chi connectivity index (χ1n) is 6.16. The fourth-order valence-corrected chi connectivity index (χ4v) is 2.56. The number of rotatable bonds is 1. The first-order chi connectivity index (χ1) is 8.57. The van der Waals surface area contributed by atoms with Crippen LogP contribution in [-0.2, 0) is 6.42 Å². The van der Waals surface area contributed by atoms with E-state index in [4.69, 9.17) is 4.74 Å². The third kappa shape index (κ3) is 1.74. The maximum absolute atomic E-state index is 9.98. The predicted octanol–water partition coefficient (Wildman–Crippen LogP) is 3.77. The summed E-state index contributed by atoms with van der Waals surface area (Å²) in [4.78, 5) is 0. The van der Waals surface area contributed by atoms with Crippen LogP contribution in [0.5, 0.6) is 11.5 Å². The van der Waals surface area contributed by atoms with Gasteiger partial charge in [0.2, 0.25) is 0 Å². The number of phenolic OH excluding ortho intramolecular Hbond substituents is 1. The van der Waals surface area contributed by atoms with E-state index in [-0.39, 0.29) is 5.60 Å². The number of benzene rings is 2. The molecule has 0 radical (unpaired) electrons. The molecule has 1 N–H and O–H groups in total. The van der Waals surface area contributed by atoms with E-state index in [9.17, 15) is 5.11 Å². The van der Waals surface area contributed by atoms with Gasteiger partial charge in [-0.2, -0.15) is 0 Å². The second kappa shape index (κ2) is 3.77. The highest BCUT2D eigenvalue weighted by Crippen LogP contribution is 2.42. The highest BCUT2D eigenvalue weighted by atomic mass is 16.5. The summed E-state index contributed by atoms with van der Waals surface area (Å²) in [6, 6.07) is 13.4. The maximum atomic E-state index is 9.98. The lowest BCUT2D eigenvalue weighted by molar-refractivity contribution is 0.138. The lowest BCUT2D eigenvalue weighted by atomic mass is 9.93. The average Bonchev–Trinajstić information content (AvgIpc) is 2.63. The van der Waals surface area contributed by atoms with Crippen LogP contribution in [0, 0.1) is 0 Å². The Bertz CT molecular complexity index is 600. The van der Waals surface area contributed by atoms with Crippen LogP contribution in [0.3, 0.4) is 0 Å². The smallest absolute Gasteiger partial charge is 0.124 e. The fourth-order valence-electron chi connectivity index (χ4n) is 2.56. The van der Waals surface area contributed by atoms with Crippen LogP contribution in [0.15, 0.2) is 42.5 Å². The molecule has 2 nitrogen and oxygen atoms in total. The molecule has 3 rings (SSSR count). The van der Waals surface area contributed by atoms with Gasteiger partial charge in [-0.15, -0.1) is 0 Å². The summed E-state index contributed by atoms with van der Waals surface area (Å²) >= 11 is 0. The molecule has 1 aliphatic heterocycles. The number of hydrogen-bond donors (Lipinski definition) is 1. The topological polar surface area (TPSA) is 29.5 Å². The number of ether oxygens (including phenoxy) is 1. The molecule has 0 spiro atoms. The van der Waals surface area contributed by atoms with Crippen molar-refractivity contribution in [2.75, 3.05) is 0 Å². The van der Waals surface area contributed by atoms with E-state index in [0.29, 0.717) is 5.75 Å². The second-order valence-corrected chi connectivity index (χ2v) is 5.34. The number of aromatic hydroxyl groups is 1. The Labute approximate surface area is 107 Å². The molecule has 2 aromatic rings. The molecular formula is C16H16O2. The Balaban J connectivity index is 2.17. The fraction of sp³-hybridized carbons (Fsp3) is 0.250. The Morgan fingerprint density at radius 2 is 1.72 bits per heavy atom. The van der Waals surface area contributed by atoms with Crippen LogP contribution in [-0.4, -0.2) is 10.7 Å². The van der Waals surface area contributed by atoms with Crippen molar-refractivity contribution in [1.82, 2.24) is 0 Å². The molecule has 92 valence electrons. The lowest BCUT2D eigenvalue weighted by Gasteiger charge is -2.16. The Hall–Kier alpha value is -1.96. The highest BCUT2D eigenvalue weighted by molar-refractivity contribution is 5.75. The number of fused-ring (bicyclic) bond motifs is 1. The van der Waals surface area contributed by atoms with Crippen molar-refractivity contribution in [1.29, 1.82) is 0 Å². The molecule has 0 fully saturated rings. The zero-order valence-electron chi connectivity index (χ0n) is 10.6. The summed E-state index contributed by atoms with van der Waals surface area (Å²) in [6.45, 7) is 4.17. The molecule has 0 bridgehead atoms. The van der Waals surface area contributed by atoms with Gasteiger partial charge in [-0.3, -0.25) is 0 Å². The molecule has 0 aromatic heterocycles. The Morgan fingerprint density at radius 1 is 1.00 bits per heavy atom. The van der Waals surface area contributed by atoms with Crippen molar-refractivity contribution in [3.8, 4) is 22.6 Å². The van der Waals surface area contributed by atoms with Gasteiger partial charge >= 0.3 is 0 Å². The van der Waals surface area contributed by atoms with Crippen LogP contribution < -0.4 is 4.74 Å². The van der Waals surface area contributed by atoms with Gasteiger partial charge in [-0.25, -0.2) is 0 Å². The summed E-state index contributed by atoms with van der Waals surface area (Å²) in [6.07, 6.45) is 0.868. The van der Waals surface area contributed by atoms with Gasteiger partial charge in [0.1, 0.15) is 17.1 Å². The first-order valence-corrected chi connectivity index (χ1v) is 6.16. The molecule has 1 heterocycles. The Morgan fingerprint density at radius 3 is 2.50 bits per heavy atom.